The second-order valence-corrected chi connectivity index (χ2v) is 9.02. The van der Waals surface area contributed by atoms with Gasteiger partial charge in [0.15, 0.2) is 5.75 Å². The number of fused-ring (bicyclic) bond motifs is 2. The molecule has 178 valence electrons. The van der Waals surface area contributed by atoms with E-state index in [2.05, 4.69) is 16.5 Å². The number of rotatable bonds is 4. The van der Waals surface area contributed by atoms with Crippen LogP contribution in [0, 0.1) is 5.82 Å². The van der Waals surface area contributed by atoms with Crippen molar-refractivity contribution in [2.24, 2.45) is 0 Å². The lowest BCUT2D eigenvalue weighted by Crippen LogP contribution is -2.57. The molecule has 34 heavy (non-hydrogen) atoms. The van der Waals surface area contributed by atoms with Crippen molar-refractivity contribution in [1.29, 1.82) is 0 Å². The van der Waals surface area contributed by atoms with Gasteiger partial charge >= 0.3 is 0 Å². The van der Waals surface area contributed by atoms with Crippen LogP contribution in [-0.4, -0.2) is 82.0 Å². The van der Waals surface area contributed by atoms with Crippen molar-refractivity contribution in [3.05, 3.63) is 53.0 Å². The minimum absolute atomic E-state index is 0.0303. The highest BCUT2D eigenvalue weighted by Crippen LogP contribution is 2.44. The maximum absolute atomic E-state index is 14.7. The van der Waals surface area contributed by atoms with Gasteiger partial charge in [-0.3, -0.25) is 14.5 Å². The van der Waals surface area contributed by atoms with Gasteiger partial charge in [-0.25, -0.2) is 9.37 Å². The Morgan fingerprint density at radius 1 is 1.29 bits per heavy atom. The molecule has 0 bridgehead atoms. The van der Waals surface area contributed by atoms with Crippen molar-refractivity contribution in [2.45, 2.75) is 19.0 Å². The first-order valence-electron chi connectivity index (χ1n) is 11.2. The number of benzene rings is 1. The Labute approximate surface area is 201 Å². The summed E-state index contributed by atoms with van der Waals surface area (Å²) in [7, 11) is 0. The smallest absolute Gasteiger partial charge is 0.260 e. The Morgan fingerprint density at radius 2 is 2.09 bits per heavy atom. The normalized spacial score (nSPS) is 20.1. The highest BCUT2D eigenvalue weighted by atomic mass is 35.5. The molecule has 1 atom stereocenters. The molecule has 0 spiro atoms. The van der Waals surface area contributed by atoms with Gasteiger partial charge in [0.05, 0.1) is 23.0 Å². The van der Waals surface area contributed by atoms with E-state index >= 15 is 0 Å². The van der Waals surface area contributed by atoms with Gasteiger partial charge in [-0.2, -0.15) is 0 Å². The van der Waals surface area contributed by atoms with Crippen molar-refractivity contribution in [2.75, 3.05) is 39.3 Å². The molecule has 2 aromatic rings. The fourth-order valence-electron chi connectivity index (χ4n) is 4.64. The summed E-state index contributed by atoms with van der Waals surface area (Å²) in [5.41, 5.74) is 0.568. The van der Waals surface area contributed by atoms with Crippen LogP contribution in [0.2, 0.25) is 5.02 Å². The molecule has 8 nitrogen and oxygen atoms in total. The van der Waals surface area contributed by atoms with Crippen LogP contribution < -0.4 is 4.74 Å². The number of piperazine rings is 1. The number of carbonyl (C=O) groups is 2. The number of hydrogen-bond acceptors (Lipinski definition) is 6. The summed E-state index contributed by atoms with van der Waals surface area (Å²) in [6, 6.07) is 3.58. The van der Waals surface area contributed by atoms with Gasteiger partial charge in [-0.15, -0.1) is 0 Å². The van der Waals surface area contributed by atoms with E-state index < -0.39 is 5.82 Å². The number of aromatic hydroxyl groups is 1. The third-order valence-corrected chi connectivity index (χ3v) is 6.93. The number of halogens is 2. The van der Waals surface area contributed by atoms with E-state index in [9.17, 15) is 19.1 Å². The molecule has 3 aliphatic heterocycles. The highest BCUT2D eigenvalue weighted by molar-refractivity contribution is 6.35. The summed E-state index contributed by atoms with van der Waals surface area (Å²) in [6.45, 7) is 6.76. The summed E-state index contributed by atoms with van der Waals surface area (Å²) in [5, 5.41) is 10.3. The first-order chi connectivity index (χ1) is 16.4. The zero-order valence-electron chi connectivity index (χ0n) is 18.5. The van der Waals surface area contributed by atoms with Crippen molar-refractivity contribution in [1.82, 2.24) is 19.7 Å². The standard InChI is InChI=1S/C24H24ClFN4O4/c1-2-18(32)29-9-10-30-14(11-29)13-34-23-20(24(30)33)16(12-28-7-4-8-28)27-22(21(23)25)19-15(26)5-3-6-17(19)31/h2-3,5-6,14,31H,1,4,7-13H2/t14-/m1/s1. The molecule has 0 aliphatic carbocycles. The van der Waals surface area contributed by atoms with E-state index in [1.54, 1.807) is 9.80 Å². The van der Waals surface area contributed by atoms with Crippen LogP contribution in [0.25, 0.3) is 11.3 Å². The maximum Gasteiger partial charge on any atom is 0.260 e. The molecule has 2 fully saturated rings. The van der Waals surface area contributed by atoms with Gasteiger partial charge < -0.3 is 19.6 Å². The SMILES string of the molecule is C=CC(=O)N1CCN2C(=O)c3c(CN4CCC4)nc(-c4c(O)cccc4F)c(Cl)c3OC[C@H]2C1. The summed E-state index contributed by atoms with van der Waals surface area (Å²) >= 11 is 6.67. The van der Waals surface area contributed by atoms with Crippen LogP contribution in [0.1, 0.15) is 22.5 Å². The highest BCUT2D eigenvalue weighted by Gasteiger charge is 2.40. The van der Waals surface area contributed by atoms with Crippen LogP contribution in [-0.2, 0) is 11.3 Å². The molecule has 2 amide bonds. The molecule has 1 aromatic heterocycles. The van der Waals surface area contributed by atoms with E-state index in [4.69, 9.17) is 16.3 Å². The second kappa shape index (κ2) is 8.88. The van der Waals surface area contributed by atoms with E-state index in [0.717, 1.165) is 19.5 Å². The fraction of sp³-hybridized carbons (Fsp3) is 0.375. The number of likely N-dealkylation sites (tertiary alicyclic amines) is 1. The minimum atomic E-state index is -0.680. The number of ether oxygens (including phenoxy) is 1. The number of phenols is 1. The van der Waals surface area contributed by atoms with Crippen molar-refractivity contribution >= 4 is 23.4 Å². The average molecular weight is 487 g/mol. The van der Waals surface area contributed by atoms with Gasteiger partial charge in [-0.1, -0.05) is 24.2 Å². The first kappa shape index (κ1) is 22.6. The van der Waals surface area contributed by atoms with Crippen LogP contribution in [0.4, 0.5) is 4.39 Å². The van der Waals surface area contributed by atoms with Crippen LogP contribution in [0.15, 0.2) is 30.9 Å². The van der Waals surface area contributed by atoms with Crippen molar-refractivity contribution in [3.63, 3.8) is 0 Å². The second-order valence-electron chi connectivity index (χ2n) is 8.64. The number of carbonyl (C=O) groups excluding carboxylic acids is 2. The summed E-state index contributed by atoms with van der Waals surface area (Å²) < 4.78 is 20.8. The van der Waals surface area contributed by atoms with E-state index in [-0.39, 0.29) is 57.8 Å². The summed E-state index contributed by atoms with van der Waals surface area (Å²) in [5.74, 6) is -1.34. The molecule has 4 heterocycles. The largest absolute Gasteiger partial charge is 0.507 e. The molecule has 3 aliphatic rings. The third-order valence-electron chi connectivity index (χ3n) is 6.58. The van der Waals surface area contributed by atoms with Crippen molar-refractivity contribution in [3.8, 4) is 22.8 Å². The fourth-order valence-corrected chi connectivity index (χ4v) is 4.93. The maximum atomic E-state index is 14.7. The number of amides is 2. The lowest BCUT2D eigenvalue weighted by Gasteiger charge is -2.39. The molecule has 5 rings (SSSR count). The Balaban J connectivity index is 1.61. The molecular weight excluding hydrogens is 463 g/mol. The predicted octanol–water partition coefficient (Wildman–Crippen LogP) is 2.68. The Morgan fingerprint density at radius 3 is 2.76 bits per heavy atom. The molecule has 0 saturated carbocycles. The number of aromatic nitrogens is 1. The van der Waals surface area contributed by atoms with Gasteiger partial charge in [0.25, 0.3) is 5.91 Å². The third kappa shape index (κ3) is 3.78. The van der Waals surface area contributed by atoms with Crippen molar-refractivity contribution < 1.29 is 23.8 Å². The van der Waals surface area contributed by atoms with E-state index in [1.807, 2.05) is 0 Å². The molecule has 1 aromatic carbocycles. The summed E-state index contributed by atoms with van der Waals surface area (Å²) in [6.07, 6.45) is 2.30. The lowest BCUT2D eigenvalue weighted by molar-refractivity contribution is -0.128. The molecule has 0 unspecified atom stereocenters. The number of nitrogens with zero attached hydrogens (tertiary/aromatic N) is 4. The van der Waals surface area contributed by atoms with Gasteiger partial charge in [-0.05, 0) is 37.7 Å². The minimum Gasteiger partial charge on any atom is -0.507 e. The zero-order valence-corrected chi connectivity index (χ0v) is 19.2. The number of phenolic OH excluding ortho intramolecular Hbond substituents is 1. The lowest BCUT2D eigenvalue weighted by atomic mass is 10.0. The topological polar surface area (TPSA) is 86.2 Å². The molecule has 0 radical (unpaired) electrons. The van der Waals surface area contributed by atoms with Crippen LogP contribution in [0.5, 0.6) is 11.5 Å². The van der Waals surface area contributed by atoms with Crippen LogP contribution in [0.3, 0.4) is 0 Å². The Kier molecular flexibility index (Phi) is 5.91. The first-order valence-corrected chi connectivity index (χ1v) is 11.5. The number of hydrogen-bond donors (Lipinski definition) is 1. The van der Waals surface area contributed by atoms with Gasteiger partial charge in [0.1, 0.15) is 28.8 Å². The van der Waals surface area contributed by atoms with E-state index in [0.29, 0.717) is 31.9 Å². The molecule has 2 saturated heterocycles. The molecule has 10 heteroatoms. The quantitative estimate of drug-likeness (QED) is 0.669. The summed E-state index contributed by atoms with van der Waals surface area (Å²) in [4.78, 5) is 35.9. The number of pyridine rings is 1. The molecule has 1 N–H and O–H groups in total. The van der Waals surface area contributed by atoms with Gasteiger partial charge in [0, 0.05) is 26.2 Å². The zero-order chi connectivity index (χ0) is 24.0. The Bertz CT molecular complexity index is 1170. The monoisotopic (exact) mass is 486 g/mol. The predicted molar refractivity (Wildman–Crippen MR) is 123 cm³/mol. The Hall–Kier alpha value is -3.17. The average Bonchev–Trinajstić information content (AvgIpc) is 2.94. The molecular formula is C24H24ClFN4O4. The van der Waals surface area contributed by atoms with Gasteiger partial charge in [0.2, 0.25) is 5.91 Å². The van der Waals surface area contributed by atoms with Crippen LogP contribution >= 0.6 is 11.6 Å². The van der Waals surface area contributed by atoms with E-state index in [1.165, 1.54) is 24.3 Å².